The molecule has 0 aliphatic rings. The van der Waals surface area contributed by atoms with Gasteiger partial charge < -0.3 is 10.2 Å². The zero-order valence-electron chi connectivity index (χ0n) is 21.8. The van der Waals surface area contributed by atoms with Gasteiger partial charge in [0.2, 0.25) is 0 Å². The van der Waals surface area contributed by atoms with E-state index in [4.69, 9.17) is 0 Å². The van der Waals surface area contributed by atoms with E-state index in [1.165, 1.54) is 43.2 Å². The van der Waals surface area contributed by atoms with E-state index in [1.54, 1.807) is 0 Å². The SMILES string of the molecule is CCCCCC(CCC)C(c1ccc(O)c(C(C)(C)C)c1)c1ccc(O)c(C(C)(C)C)c1. The first kappa shape index (κ1) is 26.3. The van der Waals surface area contributed by atoms with Gasteiger partial charge in [0.1, 0.15) is 11.5 Å². The molecule has 2 nitrogen and oxygen atoms in total. The molecule has 0 aliphatic heterocycles. The Balaban J connectivity index is 2.68. The number of rotatable bonds is 9. The highest BCUT2D eigenvalue weighted by Gasteiger charge is 2.29. The lowest BCUT2D eigenvalue weighted by Gasteiger charge is -2.31. The van der Waals surface area contributed by atoms with Gasteiger partial charge in [0.05, 0.1) is 0 Å². The average Bonchev–Trinajstić information content (AvgIpc) is 2.69. The van der Waals surface area contributed by atoms with E-state index >= 15 is 0 Å². The van der Waals surface area contributed by atoms with Crippen LogP contribution in [0.2, 0.25) is 0 Å². The van der Waals surface area contributed by atoms with Gasteiger partial charge in [-0.3, -0.25) is 0 Å². The second-order valence-corrected chi connectivity index (χ2v) is 11.6. The lowest BCUT2D eigenvalue weighted by Crippen LogP contribution is -2.19. The number of aromatic hydroxyl groups is 2. The van der Waals surface area contributed by atoms with Gasteiger partial charge in [0.25, 0.3) is 0 Å². The summed E-state index contributed by atoms with van der Waals surface area (Å²) in [5, 5.41) is 21.2. The van der Waals surface area contributed by atoms with Crippen LogP contribution < -0.4 is 0 Å². The van der Waals surface area contributed by atoms with Crippen LogP contribution in [0.25, 0.3) is 0 Å². The number of hydrogen-bond donors (Lipinski definition) is 2. The highest BCUT2D eigenvalue weighted by Crippen LogP contribution is 2.43. The molecule has 2 rings (SSSR count). The molecular weight excluding hydrogens is 392 g/mol. The first-order chi connectivity index (χ1) is 14.9. The minimum Gasteiger partial charge on any atom is -0.508 e. The Kier molecular flexibility index (Phi) is 8.85. The van der Waals surface area contributed by atoms with Crippen LogP contribution in [0.3, 0.4) is 0 Å². The molecular formula is C30H46O2. The zero-order chi connectivity index (χ0) is 24.1. The van der Waals surface area contributed by atoms with Gasteiger partial charge >= 0.3 is 0 Å². The predicted octanol–water partition coefficient (Wildman–Crippen LogP) is 8.82. The van der Waals surface area contributed by atoms with E-state index in [2.05, 4.69) is 79.7 Å². The van der Waals surface area contributed by atoms with Gasteiger partial charge in [-0.25, -0.2) is 0 Å². The van der Waals surface area contributed by atoms with E-state index in [9.17, 15) is 10.2 Å². The zero-order valence-corrected chi connectivity index (χ0v) is 21.8. The molecule has 0 fully saturated rings. The van der Waals surface area contributed by atoms with E-state index in [1.807, 2.05) is 12.1 Å². The maximum atomic E-state index is 10.6. The molecule has 0 saturated carbocycles. The number of unbranched alkanes of at least 4 members (excludes halogenated alkanes) is 2. The molecule has 178 valence electrons. The second kappa shape index (κ2) is 10.8. The first-order valence-electron chi connectivity index (χ1n) is 12.6. The number of phenolic OH excluding ortho intramolecular Hbond substituents is 2. The highest BCUT2D eigenvalue weighted by atomic mass is 16.3. The molecule has 32 heavy (non-hydrogen) atoms. The maximum absolute atomic E-state index is 10.6. The van der Waals surface area contributed by atoms with Crippen molar-refractivity contribution in [2.75, 3.05) is 0 Å². The summed E-state index contributed by atoms with van der Waals surface area (Å²) >= 11 is 0. The van der Waals surface area contributed by atoms with Gasteiger partial charge in [-0.2, -0.15) is 0 Å². The standard InChI is InChI=1S/C30H46O2/c1-9-11-12-14-21(13-10-2)28(22-15-17-26(31)24(19-22)29(3,4)5)23-16-18-27(32)25(20-23)30(6,7)8/h15-21,28,31-32H,9-14H2,1-8H3. The Bertz CT molecular complexity index is 804. The van der Waals surface area contributed by atoms with E-state index in [-0.39, 0.29) is 16.7 Å². The van der Waals surface area contributed by atoms with Crippen molar-refractivity contribution in [2.45, 2.75) is 111 Å². The molecule has 0 saturated heterocycles. The predicted molar refractivity (Wildman–Crippen MR) is 138 cm³/mol. The molecule has 2 N–H and O–H groups in total. The third kappa shape index (κ3) is 6.53. The largest absolute Gasteiger partial charge is 0.508 e. The maximum Gasteiger partial charge on any atom is 0.119 e. The third-order valence-electron chi connectivity index (χ3n) is 6.68. The monoisotopic (exact) mass is 438 g/mol. The lowest BCUT2D eigenvalue weighted by molar-refractivity contribution is 0.381. The molecule has 0 heterocycles. The smallest absolute Gasteiger partial charge is 0.119 e. The molecule has 0 aliphatic carbocycles. The summed E-state index contributed by atoms with van der Waals surface area (Å²) in [5.74, 6) is 1.52. The molecule has 0 amide bonds. The Morgan fingerprint density at radius 1 is 0.656 bits per heavy atom. The van der Waals surface area contributed by atoms with Crippen LogP contribution >= 0.6 is 0 Å². The van der Waals surface area contributed by atoms with Gasteiger partial charge in [-0.1, -0.05) is 105 Å². The van der Waals surface area contributed by atoms with Crippen LogP contribution in [-0.2, 0) is 10.8 Å². The van der Waals surface area contributed by atoms with Crippen molar-refractivity contribution in [2.24, 2.45) is 5.92 Å². The first-order valence-corrected chi connectivity index (χ1v) is 12.6. The van der Waals surface area contributed by atoms with E-state index in [0.29, 0.717) is 17.4 Å². The Labute approximate surface area is 197 Å². The normalized spacial score (nSPS) is 13.5. The van der Waals surface area contributed by atoms with Crippen LogP contribution in [0.15, 0.2) is 36.4 Å². The van der Waals surface area contributed by atoms with Gasteiger partial charge in [0.15, 0.2) is 0 Å². The molecule has 0 bridgehead atoms. The molecule has 2 heteroatoms. The van der Waals surface area contributed by atoms with Gasteiger partial charge in [-0.05, 0) is 64.0 Å². The summed E-state index contributed by atoms with van der Waals surface area (Å²) in [5.41, 5.74) is 4.29. The second-order valence-electron chi connectivity index (χ2n) is 11.6. The third-order valence-corrected chi connectivity index (χ3v) is 6.68. The quantitative estimate of drug-likeness (QED) is 0.384. The molecule has 1 unspecified atom stereocenters. The van der Waals surface area contributed by atoms with Gasteiger partial charge in [0, 0.05) is 5.92 Å². The molecule has 0 aromatic heterocycles. The van der Waals surface area contributed by atoms with E-state index < -0.39 is 0 Å². The van der Waals surface area contributed by atoms with E-state index in [0.717, 1.165) is 17.5 Å². The number of hydrogen-bond acceptors (Lipinski definition) is 2. The fourth-order valence-corrected chi connectivity index (χ4v) is 4.94. The van der Waals surface area contributed by atoms with Crippen molar-refractivity contribution >= 4 is 0 Å². The molecule has 0 spiro atoms. The Morgan fingerprint density at radius 3 is 1.50 bits per heavy atom. The van der Waals surface area contributed by atoms with Gasteiger partial charge in [-0.15, -0.1) is 0 Å². The fourth-order valence-electron chi connectivity index (χ4n) is 4.94. The van der Waals surface area contributed by atoms with Crippen molar-refractivity contribution in [3.63, 3.8) is 0 Å². The lowest BCUT2D eigenvalue weighted by atomic mass is 9.73. The minimum atomic E-state index is -0.126. The average molecular weight is 439 g/mol. The molecule has 0 radical (unpaired) electrons. The van der Waals surface area contributed by atoms with Crippen LogP contribution in [-0.4, -0.2) is 10.2 Å². The van der Waals surface area contributed by atoms with Crippen LogP contribution in [0.1, 0.15) is 122 Å². The van der Waals surface area contributed by atoms with Crippen molar-refractivity contribution in [1.82, 2.24) is 0 Å². The van der Waals surface area contributed by atoms with Crippen LogP contribution in [0.4, 0.5) is 0 Å². The Morgan fingerprint density at radius 2 is 1.12 bits per heavy atom. The Hall–Kier alpha value is -1.96. The summed E-state index contributed by atoms with van der Waals surface area (Å²) in [6.45, 7) is 17.5. The number of benzene rings is 2. The number of phenols is 2. The van der Waals surface area contributed by atoms with Crippen molar-refractivity contribution in [3.8, 4) is 11.5 Å². The van der Waals surface area contributed by atoms with Crippen molar-refractivity contribution in [1.29, 1.82) is 0 Å². The summed E-state index contributed by atoms with van der Waals surface area (Å²) in [6.07, 6.45) is 7.26. The van der Waals surface area contributed by atoms with Crippen LogP contribution in [0, 0.1) is 5.92 Å². The summed E-state index contributed by atoms with van der Waals surface area (Å²) in [6, 6.07) is 12.4. The van der Waals surface area contributed by atoms with Crippen LogP contribution in [0.5, 0.6) is 11.5 Å². The fraction of sp³-hybridized carbons (Fsp3) is 0.600. The van der Waals surface area contributed by atoms with Crippen molar-refractivity contribution < 1.29 is 10.2 Å². The van der Waals surface area contributed by atoms with Crippen molar-refractivity contribution in [3.05, 3.63) is 58.7 Å². The highest BCUT2D eigenvalue weighted by molar-refractivity contribution is 5.48. The minimum absolute atomic E-state index is 0.126. The summed E-state index contributed by atoms with van der Waals surface area (Å²) < 4.78 is 0. The topological polar surface area (TPSA) is 40.5 Å². The summed E-state index contributed by atoms with van der Waals surface area (Å²) in [7, 11) is 0. The molecule has 2 aromatic carbocycles. The molecule has 1 atom stereocenters. The summed E-state index contributed by atoms with van der Waals surface area (Å²) in [4.78, 5) is 0. The molecule has 2 aromatic rings.